The summed E-state index contributed by atoms with van der Waals surface area (Å²) in [4.78, 5) is 6.44. The van der Waals surface area contributed by atoms with Crippen molar-refractivity contribution in [1.82, 2.24) is 9.88 Å². The van der Waals surface area contributed by atoms with E-state index in [9.17, 15) is 5.11 Å². The lowest BCUT2D eigenvalue weighted by atomic mass is 9.71. The molecule has 3 heteroatoms. The molecule has 3 aliphatic heterocycles. The minimum Gasteiger partial charge on any atom is -0.384 e. The summed E-state index contributed by atoms with van der Waals surface area (Å²) < 4.78 is 0. The van der Waals surface area contributed by atoms with Gasteiger partial charge in [0.1, 0.15) is 5.60 Å². The highest BCUT2D eigenvalue weighted by Gasteiger charge is 2.46. The Labute approximate surface area is 125 Å². The van der Waals surface area contributed by atoms with Crippen LogP contribution in [0, 0.1) is 5.92 Å². The summed E-state index contributed by atoms with van der Waals surface area (Å²) in [6.07, 6.45) is 5.85. The first kappa shape index (κ1) is 13.0. The van der Waals surface area contributed by atoms with Crippen LogP contribution in [0.5, 0.6) is 0 Å². The molecule has 1 N–H and O–H groups in total. The van der Waals surface area contributed by atoms with E-state index >= 15 is 0 Å². The molecule has 108 valence electrons. The van der Waals surface area contributed by atoms with Gasteiger partial charge in [0.15, 0.2) is 0 Å². The molecule has 0 aliphatic carbocycles. The smallest absolute Gasteiger partial charge is 0.105 e. The van der Waals surface area contributed by atoms with Crippen LogP contribution < -0.4 is 0 Å². The van der Waals surface area contributed by atoms with Crippen molar-refractivity contribution < 1.29 is 5.11 Å². The molecule has 5 rings (SSSR count). The highest BCUT2D eigenvalue weighted by atomic mass is 16.3. The number of benzene rings is 1. The lowest BCUT2D eigenvalue weighted by Crippen LogP contribution is -2.57. The molecule has 0 saturated carbocycles. The third-order valence-electron chi connectivity index (χ3n) is 5.13. The van der Waals surface area contributed by atoms with Crippen molar-refractivity contribution in [3.8, 4) is 11.1 Å². The number of fused-ring (bicyclic) bond motifs is 3. The second-order valence-corrected chi connectivity index (χ2v) is 6.29. The molecule has 21 heavy (non-hydrogen) atoms. The van der Waals surface area contributed by atoms with Gasteiger partial charge in [0, 0.05) is 18.9 Å². The number of aromatic nitrogens is 1. The molecule has 2 aromatic rings. The number of nitrogens with zero attached hydrogens (tertiary/aromatic N) is 2. The summed E-state index contributed by atoms with van der Waals surface area (Å²) in [5, 5.41) is 11.1. The van der Waals surface area contributed by atoms with Crippen molar-refractivity contribution in [2.45, 2.75) is 18.4 Å². The standard InChI is InChI=1S/C18H20N2O/c21-18(13-20-11-7-17(18)8-12-20)16-3-1-14(2-4-16)15-5-9-19-10-6-15/h1-6,9-10,17,21H,7-8,11-13H2. The normalized spacial score (nSPS) is 31.3. The van der Waals surface area contributed by atoms with Crippen LogP contribution in [-0.4, -0.2) is 34.6 Å². The van der Waals surface area contributed by atoms with Gasteiger partial charge in [-0.15, -0.1) is 0 Å². The first-order chi connectivity index (χ1) is 10.3. The van der Waals surface area contributed by atoms with E-state index in [0.29, 0.717) is 5.92 Å². The van der Waals surface area contributed by atoms with Gasteiger partial charge in [0.25, 0.3) is 0 Å². The number of pyridine rings is 1. The number of hydrogen-bond donors (Lipinski definition) is 1. The Balaban J connectivity index is 1.65. The Morgan fingerprint density at radius 1 is 0.952 bits per heavy atom. The van der Waals surface area contributed by atoms with Gasteiger partial charge in [-0.2, -0.15) is 0 Å². The van der Waals surface area contributed by atoms with Gasteiger partial charge in [0.2, 0.25) is 0 Å². The van der Waals surface area contributed by atoms with Crippen LogP contribution in [0.15, 0.2) is 48.8 Å². The van der Waals surface area contributed by atoms with Crippen LogP contribution in [0.4, 0.5) is 0 Å². The van der Waals surface area contributed by atoms with E-state index in [4.69, 9.17) is 0 Å². The lowest BCUT2D eigenvalue weighted by molar-refractivity contribution is -0.117. The first-order valence-electron chi connectivity index (χ1n) is 7.71. The van der Waals surface area contributed by atoms with Gasteiger partial charge < -0.3 is 10.0 Å². The summed E-state index contributed by atoms with van der Waals surface area (Å²) in [7, 11) is 0. The molecule has 2 bridgehead atoms. The summed E-state index contributed by atoms with van der Waals surface area (Å²) in [6, 6.07) is 12.4. The Morgan fingerprint density at radius 2 is 1.57 bits per heavy atom. The maximum atomic E-state index is 11.1. The van der Waals surface area contributed by atoms with Crippen molar-refractivity contribution in [2.24, 2.45) is 5.92 Å². The number of rotatable bonds is 2. The van der Waals surface area contributed by atoms with Crippen LogP contribution in [0.2, 0.25) is 0 Å². The van der Waals surface area contributed by atoms with E-state index in [1.54, 1.807) is 0 Å². The molecule has 3 nitrogen and oxygen atoms in total. The van der Waals surface area contributed by atoms with E-state index < -0.39 is 5.60 Å². The van der Waals surface area contributed by atoms with Crippen molar-refractivity contribution in [2.75, 3.05) is 19.6 Å². The number of aliphatic hydroxyl groups is 1. The maximum absolute atomic E-state index is 11.1. The third-order valence-corrected chi connectivity index (χ3v) is 5.13. The molecular weight excluding hydrogens is 260 g/mol. The fraction of sp³-hybridized carbons (Fsp3) is 0.389. The largest absolute Gasteiger partial charge is 0.384 e. The van der Waals surface area contributed by atoms with Crippen LogP contribution in [-0.2, 0) is 5.60 Å². The van der Waals surface area contributed by atoms with E-state index in [1.165, 1.54) is 5.56 Å². The molecule has 4 heterocycles. The third kappa shape index (κ3) is 2.17. The van der Waals surface area contributed by atoms with Crippen LogP contribution in [0.3, 0.4) is 0 Å². The molecular formula is C18H20N2O. The van der Waals surface area contributed by atoms with E-state index in [0.717, 1.165) is 43.6 Å². The minimum absolute atomic E-state index is 0.411. The van der Waals surface area contributed by atoms with E-state index in [2.05, 4.69) is 34.1 Å². The molecule has 0 spiro atoms. The molecule has 3 fully saturated rings. The number of hydrogen-bond acceptors (Lipinski definition) is 3. The number of piperidine rings is 3. The van der Waals surface area contributed by atoms with Gasteiger partial charge >= 0.3 is 0 Å². The zero-order valence-electron chi connectivity index (χ0n) is 12.1. The molecule has 3 saturated heterocycles. The fourth-order valence-electron chi connectivity index (χ4n) is 3.86. The zero-order valence-corrected chi connectivity index (χ0v) is 12.1. The van der Waals surface area contributed by atoms with E-state index in [-0.39, 0.29) is 0 Å². The summed E-state index contributed by atoms with van der Waals surface area (Å²) in [5.41, 5.74) is 2.74. The molecule has 0 amide bonds. The maximum Gasteiger partial charge on any atom is 0.105 e. The van der Waals surface area contributed by atoms with Crippen LogP contribution in [0.1, 0.15) is 18.4 Å². The van der Waals surface area contributed by atoms with Gasteiger partial charge in [-0.1, -0.05) is 24.3 Å². The topological polar surface area (TPSA) is 36.4 Å². The molecule has 0 radical (unpaired) electrons. The fourth-order valence-corrected chi connectivity index (χ4v) is 3.86. The average Bonchev–Trinajstić information content (AvgIpc) is 2.57. The Hall–Kier alpha value is -1.71. The monoisotopic (exact) mass is 280 g/mol. The lowest BCUT2D eigenvalue weighted by Gasteiger charge is -2.50. The Morgan fingerprint density at radius 3 is 2.14 bits per heavy atom. The second-order valence-electron chi connectivity index (χ2n) is 6.29. The van der Waals surface area contributed by atoms with Gasteiger partial charge in [0.05, 0.1) is 0 Å². The van der Waals surface area contributed by atoms with Crippen molar-refractivity contribution >= 4 is 0 Å². The molecule has 1 aromatic heterocycles. The van der Waals surface area contributed by atoms with Crippen molar-refractivity contribution in [3.05, 3.63) is 54.4 Å². The summed E-state index contributed by atoms with van der Waals surface area (Å²) in [5.74, 6) is 0.411. The van der Waals surface area contributed by atoms with E-state index in [1.807, 2.05) is 24.5 Å². The van der Waals surface area contributed by atoms with Gasteiger partial charge in [-0.3, -0.25) is 4.98 Å². The Bertz CT molecular complexity index is 617. The highest BCUT2D eigenvalue weighted by molar-refractivity contribution is 5.63. The van der Waals surface area contributed by atoms with Crippen LogP contribution >= 0.6 is 0 Å². The molecule has 3 aliphatic rings. The predicted octanol–water partition coefficient (Wildman–Crippen LogP) is 2.66. The second kappa shape index (κ2) is 4.93. The van der Waals surface area contributed by atoms with Gasteiger partial charge in [-0.05, 0) is 60.7 Å². The molecule has 1 atom stereocenters. The SMILES string of the molecule is OC1(c2ccc(-c3ccncc3)cc2)CN2CCC1CC2. The first-order valence-corrected chi connectivity index (χ1v) is 7.71. The molecule has 1 aromatic carbocycles. The van der Waals surface area contributed by atoms with Crippen molar-refractivity contribution in [1.29, 1.82) is 0 Å². The average molecular weight is 280 g/mol. The predicted molar refractivity (Wildman–Crippen MR) is 82.7 cm³/mol. The van der Waals surface area contributed by atoms with Gasteiger partial charge in [-0.25, -0.2) is 0 Å². The quantitative estimate of drug-likeness (QED) is 0.919. The Kier molecular flexibility index (Phi) is 3.05. The summed E-state index contributed by atoms with van der Waals surface area (Å²) >= 11 is 0. The summed E-state index contributed by atoms with van der Waals surface area (Å²) in [6.45, 7) is 3.07. The van der Waals surface area contributed by atoms with Crippen LogP contribution in [0.25, 0.3) is 11.1 Å². The van der Waals surface area contributed by atoms with Crippen molar-refractivity contribution in [3.63, 3.8) is 0 Å². The minimum atomic E-state index is -0.659. The molecule has 1 unspecified atom stereocenters. The zero-order chi connectivity index (χ0) is 14.3. The highest BCUT2D eigenvalue weighted by Crippen LogP contribution is 2.42.